The molecule has 1 saturated heterocycles. The molecule has 1 fully saturated rings. The average molecular weight is 306 g/mol. The van der Waals surface area contributed by atoms with Crippen LogP contribution in [0.3, 0.4) is 0 Å². The number of hydrogen-bond acceptors (Lipinski definition) is 5. The van der Waals surface area contributed by atoms with Crippen LogP contribution in [0.1, 0.15) is 27.2 Å². The van der Waals surface area contributed by atoms with E-state index in [1.165, 1.54) is 0 Å². The van der Waals surface area contributed by atoms with Gasteiger partial charge in [-0.3, -0.25) is 9.69 Å². The third kappa shape index (κ3) is 5.38. The highest BCUT2D eigenvalue weighted by Crippen LogP contribution is 2.16. The highest BCUT2D eigenvalue weighted by molar-refractivity contribution is 7.92. The lowest BCUT2D eigenvalue weighted by molar-refractivity contribution is -0.138. The first-order valence-electron chi connectivity index (χ1n) is 7.00. The third-order valence-corrected chi connectivity index (χ3v) is 6.24. The summed E-state index contributed by atoms with van der Waals surface area (Å²) in [5.74, 6) is -0.649. The van der Waals surface area contributed by atoms with Crippen molar-refractivity contribution in [3.63, 3.8) is 0 Å². The zero-order chi connectivity index (χ0) is 15.4. The van der Waals surface area contributed by atoms with Gasteiger partial charge in [0, 0.05) is 26.2 Å². The van der Waals surface area contributed by atoms with Crippen LogP contribution in [0.5, 0.6) is 0 Å². The summed E-state index contributed by atoms with van der Waals surface area (Å²) in [7, 11) is -3.09. The van der Waals surface area contributed by atoms with E-state index >= 15 is 0 Å². The van der Waals surface area contributed by atoms with Crippen LogP contribution in [0.4, 0.5) is 0 Å². The molecule has 6 nitrogen and oxygen atoms in total. The smallest absolute Gasteiger partial charge is 0.317 e. The molecular formula is C13H26N2O4S. The summed E-state index contributed by atoms with van der Waals surface area (Å²) in [5.41, 5.74) is 0. The molecule has 1 N–H and O–H groups in total. The maximum atomic E-state index is 12.1. The third-order valence-electron chi connectivity index (χ3n) is 3.65. The van der Waals surface area contributed by atoms with Crippen LogP contribution in [0.15, 0.2) is 0 Å². The fourth-order valence-electron chi connectivity index (χ4n) is 2.15. The van der Waals surface area contributed by atoms with Crippen LogP contribution < -0.4 is 0 Å². The molecule has 1 rings (SSSR count). The summed E-state index contributed by atoms with van der Waals surface area (Å²) in [4.78, 5) is 14.7. The first-order chi connectivity index (χ1) is 9.12. The molecule has 0 aromatic rings. The van der Waals surface area contributed by atoms with E-state index < -0.39 is 20.6 Å². The van der Waals surface area contributed by atoms with Crippen LogP contribution in [0, 0.1) is 0 Å². The number of carboxylic acid groups (broad SMARTS) is 1. The standard InChI is InChI=1S/C13H26N2O4S/c1-13(2,3)20(18,19)10-9-14-5-4-6-15(8-7-14)11-12(16)17/h4-11H2,1-3H3,(H,16,17). The number of hydrogen-bond donors (Lipinski definition) is 1. The summed E-state index contributed by atoms with van der Waals surface area (Å²) >= 11 is 0. The molecule has 0 atom stereocenters. The number of sulfone groups is 1. The molecule has 0 aliphatic carbocycles. The summed E-state index contributed by atoms with van der Waals surface area (Å²) in [6.07, 6.45) is 0.878. The Bertz CT molecular complexity index is 428. The van der Waals surface area contributed by atoms with Crippen LogP contribution in [-0.2, 0) is 14.6 Å². The van der Waals surface area contributed by atoms with Gasteiger partial charge in [0.1, 0.15) is 0 Å². The summed E-state index contributed by atoms with van der Waals surface area (Å²) in [6, 6.07) is 0. The van der Waals surface area contributed by atoms with Gasteiger partial charge in [-0.15, -0.1) is 0 Å². The Labute approximate surface area is 121 Å². The quantitative estimate of drug-likeness (QED) is 0.787. The molecule has 20 heavy (non-hydrogen) atoms. The Morgan fingerprint density at radius 3 is 2.20 bits per heavy atom. The van der Waals surface area contributed by atoms with Crippen molar-refractivity contribution in [1.82, 2.24) is 9.80 Å². The zero-order valence-corrected chi connectivity index (χ0v) is 13.4. The van der Waals surface area contributed by atoms with E-state index in [9.17, 15) is 13.2 Å². The molecule has 7 heteroatoms. The van der Waals surface area contributed by atoms with E-state index in [1.807, 2.05) is 4.90 Å². The van der Waals surface area contributed by atoms with E-state index in [4.69, 9.17) is 5.11 Å². The number of carboxylic acids is 1. The topological polar surface area (TPSA) is 77.9 Å². The minimum atomic E-state index is -3.09. The molecule has 0 aromatic heterocycles. The van der Waals surface area contributed by atoms with E-state index in [2.05, 4.69) is 4.90 Å². The largest absolute Gasteiger partial charge is 0.480 e. The average Bonchev–Trinajstić information content (AvgIpc) is 2.50. The van der Waals surface area contributed by atoms with Crippen molar-refractivity contribution in [1.29, 1.82) is 0 Å². The van der Waals surface area contributed by atoms with E-state index in [0.29, 0.717) is 13.1 Å². The Kier molecular flexibility index (Phi) is 5.97. The molecule has 0 bridgehead atoms. The Balaban J connectivity index is 2.45. The maximum absolute atomic E-state index is 12.1. The van der Waals surface area contributed by atoms with Crippen molar-refractivity contribution in [2.75, 3.05) is 45.0 Å². The minimum Gasteiger partial charge on any atom is -0.480 e. The molecule has 0 saturated carbocycles. The highest BCUT2D eigenvalue weighted by Gasteiger charge is 2.29. The van der Waals surface area contributed by atoms with Gasteiger partial charge in [0.15, 0.2) is 9.84 Å². The zero-order valence-electron chi connectivity index (χ0n) is 12.6. The molecule has 0 radical (unpaired) electrons. The van der Waals surface area contributed by atoms with Crippen molar-refractivity contribution in [3.05, 3.63) is 0 Å². The van der Waals surface area contributed by atoms with Crippen molar-refractivity contribution in [3.8, 4) is 0 Å². The molecule has 118 valence electrons. The number of aliphatic carboxylic acids is 1. The molecule has 0 aromatic carbocycles. The predicted molar refractivity (Wildman–Crippen MR) is 78.7 cm³/mol. The predicted octanol–water partition coefficient (Wildman–Crippen LogP) is 0.292. The second-order valence-electron chi connectivity index (χ2n) is 6.30. The van der Waals surface area contributed by atoms with Gasteiger partial charge in [0.25, 0.3) is 0 Å². The fourth-order valence-corrected chi connectivity index (χ4v) is 3.26. The van der Waals surface area contributed by atoms with Crippen LogP contribution in [0.2, 0.25) is 0 Å². The molecule has 0 spiro atoms. The second kappa shape index (κ2) is 6.87. The van der Waals surface area contributed by atoms with E-state index in [0.717, 1.165) is 26.1 Å². The Morgan fingerprint density at radius 2 is 1.65 bits per heavy atom. The van der Waals surface area contributed by atoms with Gasteiger partial charge in [0.2, 0.25) is 0 Å². The lowest BCUT2D eigenvalue weighted by Gasteiger charge is -2.24. The first-order valence-corrected chi connectivity index (χ1v) is 8.66. The van der Waals surface area contributed by atoms with Crippen molar-refractivity contribution in [2.45, 2.75) is 31.9 Å². The minimum absolute atomic E-state index is 0.0636. The number of nitrogens with zero attached hydrogens (tertiary/aromatic N) is 2. The first kappa shape index (κ1) is 17.4. The van der Waals surface area contributed by atoms with Gasteiger partial charge >= 0.3 is 5.97 Å². The van der Waals surface area contributed by atoms with Crippen LogP contribution in [-0.4, -0.2) is 79.1 Å². The highest BCUT2D eigenvalue weighted by atomic mass is 32.2. The Hall–Kier alpha value is -0.660. The normalized spacial score (nSPS) is 19.8. The fraction of sp³-hybridized carbons (Fsp3) is 0.923. The summed E-state index contributed by atoms with van der Waals surface area (Å²) in [5, 5.41) is 8.79. The Morgan fingerprint density at radius 1 is 1.10 bits per heavy atom. The summed E-state index contributed by atoms with van der Waals surface area (Å²) < 4.78 is 23.4. The van der Waals surface area contributed by atoms with Crippen LogP contribution >= 0.6 is 0 Å². The van der Waals surface area contributed by atoms with Crippen molar-refractivity contribution >= 4 is 15.8 Å². The molecular weight excluding hydrogens is 280 g/mol. The molecule has 1 heterocycles. The van der Waals surface area contributed by atoms with Gasteiger partial charge in [-0.2, -0.15) is 0 Å². The van der Waals surface area contributed by atoms with Crippen molar-refractivity contribution in [2.24, 2.45) is 0 Å². The maximum Gasteiger partial charge on any atom is 0.317 e. The number of carbonyl (C=O) groups is 1. The van der Waals surface area contributed by atoms with Gasteiger partial charge < -0.3 is 10.0 Å². The lowest BCUT2D eigenvalue weighted by Crippen LogP contribution is -2.38. The van der Waals surface area contributed by atoms with E-state index in [1.54, 1.807) is 20.8 Å². The van der Waals surface area contributed by atoms with Crippen LogP contribution in [0.25, 0.3) is 0 Å². The molecule has 0 unspecified atom stereocenters. The molecule has 1 aliphatic rings. The molecule has 1 aliphatic heterocycles. The van der Waals surface area contributed by atoms with Crippen molar-refractivity contribution < 1.29 is 18.3 Å². The van der Waals surface area contributed by atoms with Gasteiger partial charge in [0.05, 0.1) is 17.0 Å². The van der Waals surface area contributed by atoms with Gasteiger partial charge in [-0.05, 0) is 33.7 Å². The molecule has 0 amide bonds. The second-order valence-corrected chi connectivity index (χ2v) is 9.16. The monoisotopic (exact) mass is 306 g/mol. The SMILES string of the molecule is CC(C)(C)S(=O)(=O)CCN1CCCN(CC(=O)O)CC1. The summed E-state index contributed by atoms with van der Waals surface area (Å²) in [6.45, 7) is 8.76. The lowest BCUT2D eigenvalue weighted by atomic mass is 10.3. The number of rotatable bonds is 5. The van der Waals surface area contributed by atoms with E-state index in [-0.39, 0.29) is 12.3 Å². The van der Waals surface area contributed by atoms with Gasteiger partial charge in [-0.1, -0.05) is 0 Å². The van der Waals surface area contributed by atoms with Gasteiger partial charge in [-0.25, -0.2) is 8.42 Å².